The van der Waals surface area contributed by atoms with Gasteiger partial charge in [0.25, 0.3) is 0 Å². The second-order valence-corrected chi connectivity index (χ2v) is 6.10. The Bertz CT molecular complexity index is 552. The fourth-order valence-electron chi connectivity index (χ4n) is 1.93. The van der Waals surface area contributed by atoms with Crippen LogP contribution in [-0.2, 0) is 16.0 Å². The number of nitrogens with one attached hydrogen (secondary N) is 1. The molecular formula is C15H23N3O4. The van der Waals surface area contributed by atoms with Crippen molar-refractivity contribution in [2.45, 2.75) is 45.3 Å². The number of nitrogen functional groups attached to an aromatic ring is 2. The predicted octanol–water partition coefficient (Wildman–Crippen LogP) is 1.76. The third-order valence-electron chi connectivity index (χ3n) is 2.78. The fourth-order valence-corrected chi connectivity index (χ4v) is 1.93. The maximum Gasteiger partial charge on any atom is 0.407 e. The van der Waals surface area contributed by atoms with Crippen LogP contribution in [0.3, 0.4) is 0 Å². The van der Waals surface area contributed by atoms with E-state index in [1.54, 1.807) is 39.0 Å². The smallest absolute Gasteiger partial charge is 0.407 e. The number of carbonyl (C=O) groups is 2. The number of carboxylic acids is 1. The molecule has 0 aliphatic rings. The van der Waals surface area contributed by atoms with Gasteiger partial charge in [0.05, 0.1) is 6.42 Å². The molecule has 0 spiro atoms. The third kappa shape index (κ3) is 6.34. The van der Waals surface area contributed by atoms with Gasteiger partial charge in [0, 0.05) is 17.4 Å². The van der Waals surface area contributed by atoms with Crippen molar-refractivity contribution in [3.05, 3.63) is 23.8 Å². The van der Waals surface area contributed by atoms with E-state index in [2.05, 4.69) is 5.32 Å². The number of aliphatic carboxylic acids is 1. The highest BCUT2D eigenvalue weighted by atomic mass is 16.6. The van der Waals surface area contributed by atoms with Crippen molar-refractivity contribution >= 4 is 23.4 Å². The molecule has 0 aliphatic carbocycles. The molecule has 7 nitrogen and oxygen atoms in total. The van der Waals surface area contributed by atoms with Crippen LogP contribution in [0.4, 0.5) is 16.2 Å². The summed E-state index contributed by atoms with van der Waals surface area (Å²) in [5.41, 5.74) is 12.6. The summed E-state index contributed by atoms with van der Waals surface area (Å²) in [6.07, 6.45) is -0.656. The summed E-state index contributed by atoms with van der Waals surface area (Å²) in [6.45, 7) is 5.19. The Balaban J connectivity index is 2.82. The Kier molecular flexibility index (Phi) is 5.62. The SMILES string of the molecule is CC(C)(C)OC(=O)N[C@H](CC(=O)O)Cc1cc(N)ccc1N. The van der Waals surface area contributed by atoms with E-state index in [4.69, 9.17) is 21.3 Å². The maximum absolute atomic E-state index is 11.8. The molecule has 1 aromatic carbocycles. The predicted molar refractivity (Wildman–Crippen MR) is 84.4 cm³/mol. The first-order valence-corrected chi connectivity index (χ1v) is 6.92. The molecule has 1 rings (SSSR count). The zero-order valence-electron chi connectivity index (χ0n) is 13.1. The number of rotatable bonds is 5. The van der Waals surface area contributed by atoms with Gasteiger partial charge in [-0.3, -0.25) is 4.79 Å². The zero-order valence-corrected chi connectivity index (χ0v) is 13.1. The van der Waals surface area contributed by atoms with E-state index in [1.807, 2.05) is 0 Å². The van der Waals surface area contributed by atoms with Gasteiger partial charge in [0.2, 0.25) is 0 Å². The molecule has 0 saturated heterocycles. The Labute approximate surface area is 129 Å². The highest BCUT2D eigenvalue weighted by Crippen LogP contribution is 2.18. The highest BCUT2D eigenvalue weighted by molar-refractivity contribution is 5.72. The van der Waals surface area contributed by atoms with E-state index in [9.17, 15) is 9.59 Å². The minimum Gasteiger partial charge on any atom is -0.481 e. The molecule has 0 aromatic heterocycles. The summed E-state index contributed by atoms with van der Waals surface area (Å²) >= 11 is 0. The van der Waals surface area contributed by atoms with E-state index in [0.717, 1.165) is 0 Å². The van der Waals surface area contributed by atoms with Gasteiger partial charge < -0.3 is 26.6 Å². The Hall–Kier alpha value is -2.44. The summed E-state index contributed by atoms with van der Waals surface area (Å²) < 4.78 is 5.14. The standard InChI is InChI=1S/C15H23N3O4/c1-15(2,3)22-14(21)18-11(8-13(19)20)7-9-6-10(16)4-5-12(9)17/h4-6,11H,7-8,16-17H2,1-3H3,(H,18,21)(H,19,20)/t11-/m0/s1. The molecular weight excluding hydrogens is 286 g/mol. The van der Waals surface area contributed by atoms with Crippen LogP contribution in [0.1, 0.15) is 32.8 Å². The van der Waals surface area contributed by atoms with Gasteiger partial charge in [0.15, 0.2) is 0 Å². The maximum atomic E-state index is 11.8. The van der Waals surface area contributed by atoms with Crippen molar-refractivity contribution in [3.63, 3.8) is 0 Å². The number of amides is 1. The van der Waals surface area contributed by atoms with Gasteiger partial charge >= 0.3 is 12.1 Å². The number of hydrogen-bond acceptors (Lipinski definition) is 5. The molecule has 0 unspecified atom stereocenters. The molecule has 1 amide bonds. The molecule has 0 aliphatic heterocycles. The van der Waals surface area contributed by atoms with Crippen LogP contribution < -0.4 is 16.8 Å². The molecule has 0 heterocycles. The quantitative estimate of drug-likeness (QED) is 0.614. The van der Waals surface area contributed by atoms with E-state index >= 15 is 0 Å². The van der Waals surface area contributed by atoms with Gasteiger partial charge in [-0.15, -0.1) is 0 Å². The molecule has 0 saturated carbocycles. The minimum absolute atomic E-state index is 0.243. The van der Waals surface area contributed by atoms with Crippen LogP contribution in [0.15, 0.2) is 18.2 Å². The van der Waals surface area contributed by atoms with Crippen LogP contribution >= 0.6 is 0 Å². The van der Waals surface area contributed by atoms with E-state index in [1.165, 1.54) is 0 Å². The number of alkyl carbamates (subject to hydrolysis) is 1. The number of carboxylic acid groups (broad SMARTS) is 1. The van der Waals surface area contributed by atoms with Crippen LogP contribution in [-0.4, -0.2) is 28.8 Å². The molecule has 0 radical (unpaired) electrons. The molecule has 0 bridgehead atoms. The summed E-state index contributed by atoms with van der Waals surface area (Å²) in [7, 11) is 0. The summed E-state index contributed by atoms with van der Waals surface area (Å²) in [5.74, 6) is -1.02. The number of hydrogen-bond donors (Lipinski definition) is 4. The van der Waals surface area contributed by atoms with Crippen LogP contribution in [0, 0.1) is 0 Å². The monoisotopic (exact) mass is 309 g/mol. The average Bonchev–Trinajstić information content (AvgIpc) is 2.30. The largest absolute Gasteiger partial charge is 0.481 e. The lowest BCUT2D eigenvalue weighted by molar-refractivity contribution is -0.137. The topological polar surface area (TPSA) is 128 Å². The van der Waals surface area contributed by atoms with Crippen LogP contribution in [0.5, 0.6) is 0 Å². The number of benzene rings is 1. The van der Waals surface area contributed by atoms with Gasteiger partial charge in [-0.1, -0.05) is 0 Å². The lowest BCUT2D eigenvalue weighted by Gasteiger charge is -2.23. The van der Waals surface area contributed by atoms with E-state index in [0.29, 0.717) is 16.9 Å². The van der Waals surface area contributed by atoms with Crippen molar-refractivity contribution in [2.24, 2.45) is 0 Å². The Morgan fingerprint density at radius 2 is 1.95 bits per heavy atom. The van der Waals surface area contributed by atoms with E-state index < -0.39 is 23.7 Å². The summed E-state index contributed by atoms with van der Waals surface area (Å²) in [6, 6.07) is 4.33. The Morgan fingerprint density at radius 3 is 2.50 bits per heavy atom. The molecule has 6 N–H and O–H groups in total. The van der Waals surface area contributed by atoms with Crippen LogP contribution in [0.25, 0.3) is 0 Å². The van der Waals surface area contributed by atoms with E-state index in [-0.39, 0.29) is 12.8 Å². The zero-order chi connectivity index (χ0) is 16.9. The molecule has 7 heteroatoms. The minimum atomic E-state index is -1.02. The number of ether oxygens (including phenoxy) is 1. The highest BCUT2D eigenvalue weighted by Gasteiger charge is 2.22. The average molecular weight is 309 g/mol. The van der Waals surface area contributed by atoms with Crippen LogP contribution in [0.2, 0.25) is 0 Å². The molecule has 22 heavy (non-hydrogen) atoms. The lowest BCUT2D eigenvalue weighted by atomic mass is 10.0. The van der Waals surface area contributed by atoms with Gasteiger partial charge in [-0.2, -0.15) is 0 Å². The molecule has 1 atom stereocenters. The Morgan fingerprint density at radius 1 is 1.32 bits per heavy atom. The number of anilines is 2. The lowest BCUT2D eigenvalue weighted by Crippen LogP contribution is -2.41. The summed E-state index contributed by atoms with van der Waals surface area (Å²) in [5, 5.41) is 11.5. The number of nitrogens with two attached hydrogens (primary N) is 2. The van der Waals surface area contributed by atoms with Gasteiger partial charge in [-0.25, -0.2) is 4.79 Å². The molecule has 1 aromatic rings. The van der Waals surface area contributed by atoms with Gasteiger partial charge in [-0.05, 0) is 51.0 Å². The van der Waals surface area contributed by atoms with Crippen molar-refractivity contribution in [1.29, 1.82) is 0 Å². The third-order valence-corrected chi connectivity index (χ3v) is 2.78. The normalized spacial score (nSPS) is 12.5. The van der Waals surface area contributed by atoms with Crippen molar-refractivity contribution in [1.82, 2.24) is 5.32 Å². The second-order valence-electron chi connectivity index (χ2n) is 6.10. The molecule has 0 fully saturated rings. The fraction of sp³-hybridized carbons (Fsp3) is 0.467. The first kappa shape index (κ1) is 17.6. The number of carbonyl (C=O) groups excluding carboxylic acids is 1. The van der Waals surface area contributed by atoms with Crippen molar-refractivity contribution in [3.8, 4) is 0 Å². The van der Waals surface area contributed by atoms with Crippen molar-refractivity contribution < 1.29 is 19.4 Å². The van der Waals surface area contributed by atoms with Crippen molar-refractivity contribution in [2.75, 3.05) is 11.5 Å². The first-order chi connectivity index (χ1) is 10.1. The molecule has 122 valence electrons. The second kappa shape index (κ2) is 7.02. The van der Waals surface area contributed by atoms with Gasteiger partial charge in [0.1, 0.15) is 5.60 Å². The first-order valence-electron chi connectivity index (χ1n) is 6.92. The summed E-state index contributed by atoms with van der Waals surface area (Å²) in [4.78, 5) is 22.8.